The van der Waals surface area contributed by atoms with Gasteiger partial charge in [0.15, 0.2) is 5.25 Å². The molecule has 0 fully saturated rings. The highest BCUT2D eigenvalue weighted by Gasteiger charge is 2.29. The summed E-state index contributed by atoms with van der Waals surface area (Å²) in [6, 6.07) is 3.27. The molecule has 0 saturated carbocycles. The molecule has 104 valence electrons. The van der Waals surface area contributed by atoms with Crippen LogP contribution in [0.4, 0.5) is 11.4 Å². The van der Waals surface area contributed by atoms with Crippen molar-refractivity contribution in [2.75, 3.05) is 4.72 Å². The molecule has 0 aliphatic heterocycles. The summed E-state index contributed by atoms with van der Waals surface area (Å²) in [6.07, 6.45) is 0. The number of carboxylic acid groups (broad SMARTS) is 1. The molecule has 0 heterocycles. The summed E-state index contributed by atoms with van der Waals surface area (Å²) in [5.74, 6) is -1.57. The smallest absolute Gasteiger partial charge is 0.323 e. The van der Waals surface area contributed by atoms with Gasteiger partial charge in [-0.15, -0.1) is 0 Å². The molecule has 1 aromatic carbocycles. The highest BCUT2D eigenvalue weighted by molar-refractivity contribution is 7.94. The van der Waals surface area contributed by atoms with E-state index in [4.69, 9.17) is 16.7 Å². The average Bonchev–Trinajstić information content (AvgIpc) is 2.26. The Kier molecular flexibility index (Phi) is 4.32. The Labute approximate surface area is 113 Å². The summed E-state index contributed by atoms with van der Waals surface area (Å²) in [7, 11) is -4.30. The molecule has 10 heteroatoms. The van der Waals surface area contributed by atoms with E-state index in [1.807, 2.05) is 4.72 Å². The standard InChI is InChI=1S/C9H9ClN2O6S/c1-5(9(13)14)19(17,18)11-7-4-6(10)2-3-8(7)12(15)16/h2-5,11H,1H3,(H,13,14). The van der Waals surface area contributed by atoms with Crippen LogP contribution in [0.3, 0.4) is 0 Å². The molecule has 0 aromatic heterocycles. The van der Waals surface area contributed by atoms with Crippen LogP contribution in [0.15, 0.2) is 18.2 Å². The summed E-state index contributed by atoms with van der Waals surface area (Å²) in [4.78, 5) is 20.6. The second-order valence-electron chi connectivity index (χ2n) is 3.55. The summed E-state index contributed by atoms with van der Waals surface area (Å²) < 4.78 is 25.2. The molecule has 0 bridgehead atoms. The summed E-state index contributed by atoms with van der Waals surface area (Å²) >= 11 is 5.62. The Bertz CT molecular complexity index is 630. The third-order valence-corrected chi connectivity index (χ3v) is 4.09. The van der Waals surface area contributed by atoms with Crippen LogP contribution in [0.2, 0.25) is 5.02 Å². The fraction of sp³-hybridized carbons (Fsp3) is 0.222. The molecule has 1 aromatic rings. The van der Waals surface area contributed by atoms with Crippen molar-refractivity contribution in [1.29, 1.82) is 0 Å². The first kappa shape index (κ1) is 15.2. The number of rotatable bonds is 5. The maximum Gasteiger partial charge on any atom is 0.323 e. The fourth-order valence-electron chi connectivity index (χ4n) is 1.12. The highest BCUT2D eigenvalue weighted by atomic mass is 35.5. The Morgan fingerprint density at radius 2 is 2.11 bits per heavy atom. The second kappa shape index (κ2) is 5.41. The lowest BCUT2D eigenvalue weighted by Gasteiger charge is -2.11. The molecule has 19 heavy (non-hydrogen) atoms. The van der Waals surface area contributed by atoms with Gasteiger partial charge in [-0.05, 0) is 19.1 Å². The van der Waals surface area contributed by atoms with Crippen LogP contribution in [0, 0.1) is 10.1 Å². The molecule has 2 N–H and O–H groups in total. The third-order valence-electron chi connectivity index (χ3n) is 2.22. The van der Waals surface area contributed by atoms with E-state index in [0.29, 0.717) is 0 Å². The second-order valence-corrected chi connectivity index (χ2v) is 5.98. The van der Waals surface area contributed by atoms with Crippen molar-refractivity contribution >= 4 is 39.0 Å². The Morgan fingerprint density at radius 3 is 2.58 bits per heavy atom. The van der Waals surface area contributed by atoms with Crippen molar-refractivity contribution in [3.05, 3.63) is 33.3 Å². The van der Waals surface area contributed by atoms with Gasteiger partial charge in [-0.25, -0.2) is 8.42 Å². The number of nitro groups is 1. The third kappa shape index (κ3) is 3.55. The van der Waals surface area contributed by atoms with Crippen LogP contribution in [-0.2, 0) is 14.8 Å². The van der Waals surface area contributed by atoms with Gasteiger partial charge in [0.05, 0.1) is 4.92 Å². The number of carbonyl (C=O) groups is 1. The van der Waals surface area contributed by atoms with E-state index in [-0.39, 0.29) is 10.7 Å². The van der Waals surface area contributed by atoms with Crippen LogP contribution >= 0.6 is 11.6 Å². The number of nitrogens with zero attached hydrogens (tertiary/aromatic N) is 1. The monoisotopic (exact) mass is 308 g/mol. The Balaban J connectivity index is 3.22. The molecule has 0 radical (unpaired) electrons. The summed E-state index contributed by atoms with van der Waals surface area (Å²) in [5, 5.41) is 17.7. The zero-order chi connectivity index (χ0) is 14.8. The fourth-order valence-corrected chi connectivity index (χ4v) is 2.21. The van der Waals surface area contributed by atoms with Crippen molar-refractivity contribution < 1.29 is 23.2 Å². The first-order valence-corrected chi connectivity index (χ1v) is 6.76. The number of nitro benzene ring substituents is 1. The van der Waals surface area contributed by atoms with E-state index in [1.54, 1.807) is 0 Å². The molecule has 0 amide bonds. The average molecular weight is 309 g/mol. The SMILES string of the molecule is CC(C(=O)O)S(=O)(=O)Nc1cc(Cl)ccc1[N+](=O)[O-]. The molecule has 1 atom stereocenters. The van der Waals surface area contributed by atoms with Crippen LogP contribution in [0.5, 0.6) is 0 Å². The summed E-state index contributed by atoms with van der Waals surface area (Å²) in [5.41, 5.74) is -0.906. The van der Waals surface area contributed by atoms with Crippen LogP contribution in [0.1, 0.15) is 6.92 Å². The van der Waals surface area contributed by atoms with Crippen molar-refractivity contribution in [1.82, 2.24) is 0 Å². The first-order chi connectivity index (χ1) is 8.65. The van der Waals surface area contributed by atoms with Gasteiger partial charge < -0.3 is 5.11 Å². The van der Waals surface area contributed by atoms with Gasteiger partial charge in [0.2, 0.25) is 10.0 Å². The number of anilines is 1. The van der Waals surface area contributed by atoms with Gasteiger partial charge in [0, 0.05) is 11.1 Å². The molecule has 8 nitrogen and oxygen atoms in total. The molecule has 0 aliphatic carbocycles. The number of hydrogen-bond acceptors (Lipinski definition) is 5. The molecule has 1 unspecified atom stereocenters. The van der Waals surface area contributed by atoms with Crippen molar-refractivity contribution in [3.8, 4) is 0 Å². The topological polar surface area (TPSA) is 127 Å². The van der Waals surface area contributed by atoms with Gasteiger partial charge in [0.1, 0.15) is 5.69 Å². The number of benzene rings is 1. The van der Waals surface area contributed by atoms with Gasteiger partial charge in [-0.3, -0.25) is 19.6 Å². The highest BCUT2D eigenvalue weighted by Crippen LogP contribution is 2.29. The van der Waals surface area contributed by atoms with Gasteiger partial charge in [-0.1, -0.05) is 11.6 Å². The number of aliphatic carboxylic acids is 1. The lowest BCUT2D eigenvalue weighted by molar-refractivity contribution is -0.383. The lowest BCUT2D eigenvalue weighted by Crippen LogP contribution is -2.32. The van der Waals surface area contributed by atoms with Crippen molar-refractivity contribution in [3.63, 3.8) is 0 Å². The number of sulfonamides is 1. The maximum atomic E-state index is 11.7. The molecule has 0 aliphatic rings. The number of hydrogen-bond donors (Lipinski definition) is 2. The zero-order valence-electron chi connectivity index (χ0n) is 9.53. The number of carboxylic acids is 1. The molecule has 0 saturated heterocycles. The van der Waals surface area contributed by atoms with Crippen LogP contribution in [-0.4, -0.2) is 29.7 Å². The van der Waals surface area contributed by atoms with Gasteiger partial charge in [-0.2, -0.15) is 0 Å². The van der Waals surface area contributed by atoms with E-state index in [2.05, 4.69) is 0 Å². The molecular weight excluding hydrogens is 300 g/mol. The van der Waals surface area contributed by atoms with Crippen molar-refractivity contribution in [2.45, 2.75) is 12.2 Å². The number of halogens is 1. The maximum absolute atomic E-state index is 11.7. The largest absolute Gasteiger partial charge is 0.480 e. The van der Waals surface area contributed by atoms with Crippen LogP contribution < -0.4 is 4.72 Å². The van der Waals surface area contributed by atoms with E-state index in [9.17, 15) is 23.3 Å². The Hall–Kier alpha value is -1.87. The normalized spacial score (nSPS) is 12.7. The van der Waals surface area contributed by atoms with E-state index in [1.165, 1.54) is 6.07 Å². The minimum absolute atomic E-state index is 0.0753. The van der Waals surface area contributed by atoms with Gasteiger partial charge >= 0.3 is 5.97 Å². The zero-order valence-corrected chi connectivity index (χ0v) is 11.1. The van der Waals surface area contributed by atoms with E-state index < -0.39 is 31.9 Å². The van der Waals surface area contributed by atoms with E-state index >= 15 is 0 Å². The minimum Gasteiger partial charge on any atom is -0.480 e. The summed E-state index contributed by atoms with van der Waals surface area (Å²) in [6.45, 7) is 0.945. The predicted molar refractivity (Wildman–Crippen MR) is 67.7 cm³/mol. The predicted octanol–water partition coefficient (Wildman–Crippen LogP) is 1.46. The van der Waals surface area contributed by atoms with Crippen molar-refractivity contribution in [2.24, 2.45) is 0 Å². The quantitative estimate of drug-likeness (QED) is 0.626. The van der Waals surface area contributed by atoms with Gasteiger partial charge in [0.25, 0.3) is 5.69 Å². The van der Waals surface area contributed by atoms with E-state index in [0.717, 1.165) is 19.1 Å². The number of nitrogens with one attached hydrogen (secondary N) is 1. The minimum atomic E-state index is -4.30. The molecular formula is C9H9ClN2O6S. The Morgan fingerprint density at radius 1 is 1.53 bits per heavy atom. The van der Waals surface area contributed by atoms with Crippen LogP contribution in [0.25, 0.3) is 0 Å². The lowest BCUT2D eigenvalue weighted by atomic mass is 10.3. The molecule has 0 spiro atoms. The molecule has 1 rings (SSSR count). The first-order valence-electron chi connectivity index (χ1n) is 4.83.